The Labute approximate surface area is 130 Å². The Morgan fingerprint density at radius 1 is 1.23 bits per heavy atom. The van der Waals surface area contributed by atoms with Crippen molar-refractivity contribution in [2.24, 2.45) is 0 Å². The van der Waals surface area contributed by atoms with Crippen LogP contribution in [-0.2, 0) is 19.1 Å². The van der Waals surface area contributed by atoms with E-state index >= 15 is 0 Å². The summed E-state index contributed by atoms with van der Waals surface area (Å²) in [5, 5.41) is 2.62. The molecule has 2 aliphatic rings. The highest BCUT2D eigenvalue weighted by Gasteiger charge is 2.20. The van der Waals surface area contributed by atoms with Crippen LogP contribution in [0.15, 0.2) is 30.3 Å². The summed E-state index contributed by atoms with van der Waals surface area (Å²) in [5.41, 5.74) is 1.32. The van der Waals surface area contributed by atoms with E-state index in [2.05, 4.69) is 29.1 Å². The zero-order chi connectivity index (χ0) is 16.2. The molecule has 2 fully saturated rings. The lowest BCUT2D eigenvalue weighted by atomic mass is 10.2. The number of carbonyl (C=O) groups is 3. The van der Waals surface area contributed by atoms with Gasteiger partial charge in [-0.25, -0.2) is 9.69 Å². The van der Waals surface area contributed by atoms with Crippen LogP contribution in [0.1, 0.15) is 6.99 Å². The average molecular weight is 310 g/mol. The van der Waals surface area contributed by atoms with Gasteiger partial charge in [-0.3, -0.25) is 9.59 Å². The fourth-order valence-corrected chi connectivity index (χ4v) is 1.51. The van der Waals surface area contributed by atoms with Gasteiger partial charge in [-0.15, -0.1) is 0 Å². The minimum absolute atomic E-state index is 0. The molecule has 0 radical (unpaired) electrons. The molecule has 0 saturated carbocycles. The van der Waals surface area contributed by atoms with Crippen LogP contribution in [0.5, 0.6) is 0 Å². The first-order chi connectivity index (χ1) is 10.6. The zero-order valence-corrected chi connectivity index (χ0v) is 12.5. The van der Waals surface area contributed by atoms with Crippen LogP contribution in [0.3, 0.4) is 0 Å². The van der Waals surface area contributed by atoms with E-state index in [0.29, 0.717) is 32.7 Å². The fraction of sp³-hybridized carbons (Fsp3) is 0.400. The predicted octanol–water partition coefficient (Wildman–Crippen LogP) is 0.969. The maximum absolute atomic E-state index is 10.3. The number of hydrogen-bond donors (Lipinski definition) is 1. The third kappa shape index (κ3) is 7.39. The number of amides is 3. The summed E-state index contributed by atoms with van der Waals surface area (Å²) in [4.78, 5) is 31.3. The van der Waals surface area contributed by atoms with Crippen molar-refractivity contribution in [1.82, 2.24) is 10.2 Å². The van der Waals surface area contributed by atoms with E-state index in [-0.39, 0.29) is 13.9 Å². The number of rotatable bonds is 1. The van der Waals surface area contributed by atoms with E-state index in [4.69, 9.17) is 4.74 Å². The van der Waals surface area contributed by atoms with Crippen molar-refractivity contribution in [2.45, 2.75) is 6.92 Å². The minimum atomic E-state index is -0.542. The first-order valence-electron chi connectivity index (χ1n) is 6.88. The molecular weight excluding hydrogens is 288 g/mol. The van der Waals surface area contributed by atoms with E-state index in [1.54, 1.807) is 0 Å². The topological polar surface area (TPSA) is 84.9 Å². The van der Waals surface area contributed by atoms with Gasteiger partial charge < -0.3 is 14.8 Å². The summed E-state index contributed by atoms with van der Waals surface area (Å²) < 4.78 is 9.18. The number of nitrogens with zero attached hydrogens (tertiary/aromatic N) is 1. The zero-order valence-electron chi connectivity index (χ0n) is 12.5. The molecule has 7 heteroatoms. The summed E-state index contributed by atoms with van der Waals surface area (Å²) in [6.07, 6.45) is -0.0741. The highest BCUT2D eigenvalue weighted by Crippen LogP contribution is 1.97. The van der Waals surface area contributed by atoms with Gasteiger partial charge in [-0.2, -0.15) is 0 Å². The summed E-state index contributed by atoms with van der Waals surface area (Å²) in [6.45, 7) is 4.37. The fourth-order valence-electron chi connectivity index (χ4n) is 1.51. The van der Waals surface area contributed by atoms with E-state index in [9.17, 15) is 14.4 Å². The molecule has 3 rings (SSSR count). The monoisotopic (exact) mass is 310 g/mol. The average Bonchev–Trinajstić information content (AvgIpc) is 2.95. The maximum atomic E-state index is 10.3. The molecule has 3 amide bonds. The Morgan fingerprint density at radius 3 is 2.23 bits per heavy atom. The lowest BCUT2D eigenvalue weighted by Crippen LogP contribution is -2.36. The first kappa shape index (κ1) is 17.6. The summed E-state index contributed by atoms with van der Waals surface area (Å²) in [6, 6.07) is 10.3. The molecule has 2 saturated heterocycles. The van der Waals surface area contributed by atoms with E-state index in [1.807, 2.05) is 18.2 Å². The van der Waals surface area contributed by atoms with Gasteiger partial charge in [0.25, 0.3) is 0 Å². The Kier molecular flexibility index (Phi) is 8.29. The number of aryl methyl sites for hydroxylation is 1. The van der Waals surface area contributed by atoms with Crippen molar-refractivity contribution in [3.63, 3.8) is 0 Å². The summed E-state index contributed by atoms with van der Waals surface area (Å²) >= 11 is 0. The minimum Gasteiger partial charge on any atom is -0.447 e. The summed E-state index contributed by atoms with van der Waals surface area (Å²) in [5.74, 6) is -0.00810. The predicted molar refractivity (Wildman–Crippen MR) is 81.2 cm³/mol. The smallest absolute Gasteiger partial charge is 0.416 e. The van der Waals surface area contributed by atoms with Crippen molar-refractivity contribution < 1.29 is 25.3 Å². The van der Waals surface area contributed by atoms with Crippen LogP contribution >= 0.6 is 0 Å². The molecule has 122 valence electrons. The van der Waals surface area contributed by atoms with Gasteiger partial charge in [0.1, 0.15) is 13.2 Å². The number of nitrogens with one attached hydrogen (secondary N) is 1. The van der Waals surface area contributed by atoms with Crippen LogP contribution in [0, 0.1) is 6.92 Å². The normalized spacial score (nSPS) is 16.3. The molecule has 1 aromatic carbocycles. The third-order valence-corrected chi connectivity index (χ3v) is 2.66. The van der Waals surface area contributed by atoms with Crippen LogP contribution in [0.25, 0.3) is 0 Å². The molecule has 0 unspecified atom stereocenters. The second-order valence-corrected chi connectivity index (χ2v) is 4.47. The Morgan fingerprint density at radius 2 is 1.95 bits per heavy atom. The molecule has 1 aromatic rings. The first-order valence-corrected chi connectivity index (χ1v) is 6.88. The van der Waals surface area contributed by atoms with E-state index in [0.717, 1.165) is 4.90 Å². The van der Waals surface area contributed by atoms with Crippen LogP contribution < -0.4 is 5.32 Å². The second kappa shape index (κ2) is 10.3. The highest BCUT2D eigenvalue weighted by molar-refractivity contribution is 5.81. The Hall–Kier alpha value is -2.41. The molecule has 2 heterocycles. The van der Waals surface area contributed by atoms with Crippen molar-refractivity contribution in [3.05, 3.63) is 35.9 Å². The lowest BCUT2D eigenvalue weighted by Gasteiger charge is -2.10. The molecule has 22 heavy (non-hydrogen) atoms. The Balaban J connectivity index is 0.000000310. The van der Waals surface area contributed by atoms with Gasteiger partial charge in [0.05, 0.1) is 13.2 Å². The molecule has 0 aromatic heterocycles. The SMILES string of the molecule is Cc1ccccc1.O=C1COCCN1.O=CN1CCOC1=O.[HH]. The third-order valence-electron chi connectivity index (χ3n) is 2.66. The molecule has 0 atom stereocenters. The number of carbonyl (C=O) groups excluding carboxylic acids is 3. The molecule has 1 N–H and O–H groups in total. The van der Waals surface area contributed by atoms with Crippen LogP contribution in [0.2, 0.25) is 0 Å². The number of imide groups is 1. The summed E-state index contributed by atoms with van der Waals surface area (Å²) in [7, 11) is 0. The largest absolute Gasteiger partial charge is 0.447 e. The van der Waals surface area contributed by atoms with Gasteiger partial charge in [0, 0.05) is 7.97 Å². The van der Waals surface area contributed by atoms with Crippen LogP contribution in [0.4, 0.5) is 4.79 Å². The van der Waals surface area contributed by atoms with Gasteiger partial charge in [-0.1, -0.05) is 35.9 Å². The molecular formula is C15H22N2O5. The number of ether oxygens (including phenoxy) is 2. The molecule has 0 bridgehead atoms. The van der Waals surface area contributed by atoms with Crippen molar-refractivity contribution in [3.8, 4) is 0 Å². The maximum Gasteiger partial charge on any atom is 0.416 e. The number of cyclic esters (lactones) is 1. The Bertz CT molecular complexity index is 476. The number of morpholine rings is 1. The van der Waals surface area contributed by atoms with Crippen LogP contribution in [-0.4, -0.2) is 56.2 Å². The number of benzene rings is 1. The molecule has 0 spiro atoms. The van der Waals surface area contributed by atoms with Gasteiger partial charge >= 0.3 is 6.09 Å². The molecule has 2 aliphatic heterocycles. The quantitative estimate of drug-likeness (QED) is 0.781. The van der Waals surface area contributed by atoms with Gasteiger partial charge in [0.2, 0.25) is 12.3 Å². The molecule has 7 nitrogen and oxygen atoms in total. The highest BCUT2D eigenvalue weighted by atomic mass is 16.6. The van der Waals surface area contributed by atoms with Gasteiger partial charge in [0.15, 0.2) is 0 Å². The van der Waals surface area contributed by atoms with Gasteiger partial charge in [-0.05, 0) is 6.92 Å². The second-order valence-electron chi connectivity index (χ2n) is 4.47. The molecule has 0 aliphatic carbocycles. The van der Waals surface area contributed by atoms with Crippen molar-refractivity contribution >= 4 is 18.4 Å². The van der Waals surface area contributed by atoms with Crippen molar-refractivity contribution in [1.29, 1.82) is 0 Å². The van der Waals surface area contributed by atoms with Crippen molar-refractivity contribution in [2.75, 3.05) is 32.9 Å². The lowest BCUT2D eigenvalue weighted by molar-refractivity contribution is -0.129. The van der Waals surface area contributed by atoms with E-state index in [1.165, 1.54) is 5.56 Å². The number of hydrogen-bond acceptors (Lipinski definition) is 5. The standard InChI is InChI=1S/C7H8.C4H5NO3.C4H7NO2.H2/c1-7-5-3-2-4-6-7;6-3-5-1-2-8-4(5)7;6-4-3-7-2-1-5-4;/h2-6H,1H3;3H,1-2H2;1-3H2,(H,5,6);1H. The van der Waals surface area contributed by atoms with E-state index < -0.39 is 6.09 Å².